The predicted molar refractivity (Wildman–Crippen MR) is 222 cm³/mol. The molecular weight excluding hydrogens is 743 g/mol. The molecule has 14 heteroatoms. The number of likely N-dealkylation sites (N-methyl/N-ethyl adjacent to an activating group) is 1. The van der Waals surface area contributed by atoms with Gasteiger partial charge in [-0.2, -0.15) is 0 Å². The highest BCUT2D eigenvalue weighted by molar-refractivity contribution is 5.97. The van der Waals surface area contributed by atoms with Crippen molar-refractivity contribution < 1.29 is 38.2 Å². The summed E-state index contributed by atoms with van der Waals surface area (Å²) in [5.41, 5.74) is 0.653. The maximum Gasteiger partial charge on any atom is 0.329 e. The van der Waals surface area contributed by atoms with Crippen LogP contribution in [0.1, 0.15) is 115 Å². The molecule has 0 aliphatic rings. The van der Waals surface area contributed by atoms with E-state index in [4.69, 9.17) is 20.6 Å². The van der Waals surface area contributed by atoms with Crippen molar-refractivity contribution in [2.45, 2.75) is 137 Å². The highest BCUT2D eigenvalue weighted by Crippen LogP contribution is 2.23. The number of carbonyl (C=O) groups excluding carboxylic acids is 5. The van der Waals surface area contributed by atoms with E-state index in [9.17, 15) is 28.8 Å². The Bertz CT molecular complexity index is 2080. The highest BCUT2D eigenvalue weighted by atomic mass is 16.6. The average molecular weight is 802 g/mol. The number of hydrogen-bond donors (Lipinski definition) is 2. The number of anilines is 1. The summed E-state index contributed by atoms with van der Waals surface area (Å²) in [5, 5.41) is 3.19. The van der Waals surface area contributed by atoms with Crippen molar-refractivity contribution in [3.05, 3.63) is 69.3 Å². The van der Waals surface area contributed by atoms with Crippen molar-refractivity contribution in [3.63, 3.8) is 0 Å². The number of terminal acetylenes is 1. The number of aromatic amines is 1. The molecule has 0 saturated heterocycles. The van der Waals surface area contributed by atoms with Crippen molar-refractivity contribution in [3.8, 4) is 12.3 Å². The lowest BCUT2D eigenvalue weighted by atomic mass is 10.0. The minimum absolute atomic E-state index is 0.0497. The van der Waals surface area contributed by atoms with Gasteiger partial charge in [0.2, 0.25) is 5.91 Å². The Labute approximate surface area is 341 Å². The van der Waals surface area contributed by atoms with E-state index in [1.807, 2.05) is 24.0 Å². The van der Waals surface area contributed by atoms with Crippen LogP contribution in [0.2, 0.25) is 0 Å². The molecule has 314 valence electrons. The largest absolute Gasteiger partial charge is 0.460 e. The number of esters is 3. The predicted octanol–water partition coefficient (Wildman–Crippen LogP) is 5.69. The SMILES string of the molecule is C#CCN(Cc1cc2c(=O)[nH]c(C)nc2cc1C)c1ccc(C(=O)N[C@@H](CCC(=O)N(C)[C@@H](CCC(=O)OC(C)(C)C)C(=O)OC(C)(C)C)C(=O)OC(C)(C)C)cc1. The van der Waals surface area contributed by atoms with Gasteiger partial charge in [0.25, 0.3) is 11.5 Å². The van der Waals surface area contributed by atoms with Gasteiger partial charge in [-0.05, 0) is 137 Å². The number of aryl methyl sites for hydroxylation is 2. The van der Waals surface area contributed by atoms with Gasteiger partial charge in [-0.1, -0.05) is 5.92 Å². The second-order valence-corrected chi connectivity index (χ2v) is 17.3. The van der Waals surface area contributed by atoms with Crippen molar-refractivity contribution in [2.75, 3.05) is 18.5 Å². The molecule has 0 spiro atoms. The molecule has 0 fully saturated rings. The Hall–Kier alpha value is -5.71. The smallest absolute Gasteiger partial charge is 0.329 e. The van der Waals surface area contributed by atoms with Gasteiger partial charge in [0, 0.05) is 37.7 Å². The van der Waals surface area contributed by atoms with Crippen LogP contribution >= 0.6 is 0 Å². The topological polar surface area (TPSA) is 177 Å². The molecule has 0 bridgehead atoms. The molecule has 0 saturated carbocycles. The van der Waals surface area contributed by atoms with Crippen LogP contribution in [-0.4, -0.2) is 87.1 Å². The van der Waals surface area contributed by atoms with Gasteiger partial charge in [-0.3, -0.25) is 19.2 Å². The zero-order valence-electron chi connectivity index (χ0n) is 36.0. The first kappa shape index (κ1) is 46.7. The van der Waals surface area contributed by atoms with E-state index in [1.54, 1.807) is 93.5 Å². The first-order valence-electron chi connectivity index (χ1n) is 19.3. The fourth-order valence-electron chi connectivity index (χ4n) is 5.97. The Morgan fingerprint density at radius 3 is 2.00 bits per heavy atom. The van der Waals surface area contributed by atoms with Crippen molar-refractivity contribution in [1.82, 2.24) is 20.2 Å². The molecule has 0 radical (unpaired) electrons. The second-order valence-electron chi connectivity index (χ2n) is 17.3. The van der Waals surface area contributed by atoms with Crippen LogP contribution in [-0.2, 0) is 39.9 Å². The fourth-order valence-corrected chi connectivity index (χ4v) is 5.97. The van der Waals surface area contributed by atoms with Crippen molar-refractivity contribution in [1.29, 1.82) is 0 Å². The van der Waals surface area contributed by atoms with Crippen LogP contribution in [0.4, 0.5) is 5.69 Å². The molecule has 3 rings (SSSR count). The van der Waals surface area contributed by atoms with E-state index < -0.39 is 58.6 Å². The molecular formula is C44H59N5O9. The van der Waals surface area contributed by atoms with Crippen LogP contribution in [0.15, 0.2) is 41.2 Å². The van der Waals surface area contributed by atoms with Crippen LogP contribution in [0.25, 0.3) is 10.9 Å². The molecule has 0 aliphatic carbocycles. The number of ether oxygens (including phenoxy) is 3. The lowest BCUT2D eigenvalue weighted by Crippen LogP contribution is -2.47. The van der Waals surface area contributed by atoms with Crippen molar-refractivity contribution >= 4 is 46.3 Å². The maximum absolute atomic E-state index is 13.6. The Morgan fingerprint density at radius 1 is 0.845 bits per heavy atom. The third-order valence-corrected chi connectivity index (χ3v) is 8.64. The summed E-state index contributed by atoms with van der Waals surface area (Å²) >= 11 is 0. The van der Waals surface area contributed by atoms with Crippen LogP contribution in [0, 0.1) is 26.2 Å². The molecule has 2 amide bonds. The number of rotatable bonds is 15. The summed E-state index contributed by atoms with van der Waals surface area (Å²) in [6, 6.07) is 8.00. The third kappa shape index (κ3) is 14.3. The number of aromatic nitrogens is 2. The molecule has 3 aromatic rings. The lowest BCUT2D eigenvalue weighted by Gasteiger charge is -2.30. The standard InChI is InChI=1S/C44H59N5O9/c1-14-23-49(26-30-25-32-34(24-27(30)2)45-28(3)46-39(32)53)31-17-15-29(16-18-31)38(52)47-33(40(54)57-43(7,8)9)19-21-36(50)48(13)35(41(55)58-44(10,11)12)20-22-37(51)56-42(4,5)6/h1,15-18,24-25,33,35H,19-23,26H2,2-13H3,(H,47,52)(H,45,46,53)/t33-,35-/m0/s1. The molecule has 58 heavy (non-hydrogen) atoms. The minimum Gasteiger partial charge on any atom is -0.460 e. The van der Waals surface area contributed by atoms with E-state index in [0.717, 1.165) is 11.1 Å². The molecule has 0 unspecified atom stereocenters. The average Bonchev–Trinajstić information content (AvgIpc) is 3.07. The number of fused-ring (bicyclic) bond motifs is 1. The summed E-state index contributed by atoms with van der Waals surface area (Å²) in [6.45, 7) is 19.6. The van der Waals surface area contributed by atoms with Crippen molar-refractivity contribution in [2.24, 2.45) is 0 Å². The number of nitrogens with zero attached hydrogens (tertiary/aromatic N) is 3. The molecule has 2 N–H and O–H groups in total. The van der Waals surface area contributed by atoms with Gasteiger partial charge in [0.05, 0.1) is 17.4 Å². The zero-order valence-corrected chi connectivity index (χ0v) is 36.0. The number of H-pyrrole nitrogens is 1. The van der Waals surface area contributed by atoms with E-state index in [-0.39, 0.29) is 43.4 Å². The minimum atomic E-state index is -1.22. The number of carbonyl (C=O) groups is 5. The van der Waals surface area contributed by atoms with Gasteiger partial charge >= 0.3 is 17.9 Å². The number of benzene rings is 2. The number of nitrogens with one attached hydrogen (secondary N) is 2. The normalized spacial score (nSPS) is 12.8. The van der Waals surface area contributed by atoms with Gasteiger partial charge < -0.3 is 34.3 Å². The molecule has 1 aromatic heterocycles. The molecule has 0 aliphatic heterocycles. The summed E-state index contributed by atoms with van der Waals surface area (Å²) in [5.74, 6) is 0.137. The molecule has 14 nitrogen and oxygen atoms in total. The van der Waals surface area contributed by atoms with Gasteiger partial charge in [0.15, 0.2) is 0 Å². The Balaban J connectivity index is 1.80. The summed E-state index contributed by atoms with van der Waals surface area (Å²) in [6.07, 6.45) is 5.15. The first-order chi connectivity index (χ1) is 26.8. The van der Waals surface area contributed by atoms with Gasteiger partial charge in [-0.25, -0.2) is 14.6 Å². The first-order valence-corrected chi connectivity index (χ1v) is 19.3. The quantitative estimate of drug-likeness (QED) is 0.110. The lowest BCUT2D eigenvalue weighted by molar-refractivity contribution is -0.166. The Morgan fingerprint density at radius 2 is 1.43 bits per heavy atom. The van der Waals surface area contributed by atoms with Gasteiger partial charge in [-0.15, -0.1) is 6.42 Å². The van der Waals surface area contributed by atoms with E-state index in [1.165, 1.54) is 11.9 Å². The van der Waals surface area contributed by atoms with Crippen LogP contribution in [0.5, 0.6) is 0 Å². The maximum atomic E-state index is 13.6. The van der Waals surface area contributed by atoms with Gasteiger partial charge in [0.1, 0.15) is 34.7 Å². The third-order valence-electron chi connectivity index (χ3n) is 8.64. The monoisotopic (exact) mass is 801 g/mol. The molecule has 2 aromatic carbocycles. The zero-order chi connectivity index (χ0) is 43.7. The second kappa shape index (κ2) is 19.2. The van der Waals surface area contributed by atoms with Crippen LogP contribution in [0.3, 0.4) is 0 Å². The summed E-state index contributed by atoms with van der Waals surface area (Å²) < 4.78 is 16.6. The van der Waals surface area contributed by atoms with E-state index in [0.29, 0.717) is 29.0 Å². The van der Waals surface area contributed by atoms with E-state index in [2.05, 4.69) is 21.2 Å². The number of amides is 2. The molecule has 1 heterocycles. The Kier molecular flexibility index (Phi) is 15.4. The fraction of sp³-hybridized carbons (Fsp3) is 0.523. The molecule has 2 atom stereocenters. The highest BCUT2D eigenvalue weighted by Gasteiger charge is 2.34. The summed E-state index contributed by atoms with van der Waals surface area (Å²) in [4.78, 5) is 89.3. The van der Waals surface area contributed by atoms with Crippen LogP contribution < -0.4 is 15.8 Å². The van der Waals surface area contributed by atoms with E-state index >= 15 is 0 Å². The summed E-state index contributed by atoms with van der Waals surface area (Å²) in [7, 11) is 1.43. The number of hydrogen-bond acceptors (Lipinski definition) is 11.